The van der Waals surface area contributed by atoms with Crippen molar-refractivity contribution in [1.82, 2.24) is 9.88 Å². The number of nitrogens with zero attached hydrogens (tertiary/aromatic N) is 1. The van der Waals surface area contributed by atoms with Crippen LogP contribution in [-0.4, -0.2) is 18.2 Å². The summed E-state index contributed by atoms with van der Waals surface area (Å²) < 4.78 is 15.0. The van der Waals surface area contributed by atoms with Crippen LogP contribution >= 0.6 is 0 Å². The van der Waals surface area contributed by atoms with Crippen LogP contribution in [0.4, 0.5) is 4.39 Å². The number of halogens is 1. The van der Waals surface area contributed by atoms with Gasteiger partial charge in [0.25, 0.3) is 0 Å². The van der Waals surface area contributed by atoms with Crippen molar-refractivity contribution in [3.8, 4) is 0 Å². The third-order valence-corrected chi connectivity index (χ3v) is 2.34. The molecular formula is C11H13FN2. The van der Waals surface area contributed by atoms with E-state index >= 15 is 0 Å². The van der Waals surface area contributed by atoms with Crippen LogP contribution in [0.15, 0.2) is 30.5 Å². The monoisotopic (exact) mass is 192 g/mol. The Hall–Kier alpha value is -1.35. The van der Waals surface area contributed by atoms with Crippen molar-refractivity contribution in [3.63, 3.8) is 0 Å². The minimum absolute atomic E-state index is 0.177. The SMILES string of the molecule is CNCCn1ccc2cc(F)ccc21. The van der Waals surface area contributed by atoms with Gasteiger partial charge in [0.05, 0.1) is 0 Å². The number of likely N-dealkylation sites (N-methyl/N-ethyl adjacent to an activating group) is 1. The smallest absolute Gasteiger partial charge is 0.123 e. The van der Waals surface area contributed by atoms with Crippen LogP contribution in [0.1, 0.15) is 0 Å². The second kappa shape index (κ2) is 3.80. The topological polar surface area (TPSA) is 17.0 Å². The Morgan fingerprint density at radius 1 is 1.36 bits per heavy atom. The summed E-state index contributed by atoms with van der Waals surface area (Å²) in [5.41, 5.74) is 1.08. The van der Waals surface area contributed by atoms with Crippen LogP contribution < -0.4 is 5.32 Å². The molecule has 1 aromatic heterocycles. The molecule has 2 nitrogen and oxygen atoms in total. The van der Waals surface area contributed by atoms with Gasteiger partial charge in [-0.3, -0.25) is 0 Å². The molecule has 14 heavy (non-hydrogen) atoms. The largest absolute Gasteiger partial charge is 0.346 e. The van der Waals surface area contributed by atoms with Crippen LogP contribution in [0.25, 0.3) is 10.9 Å². The Morgan fingerprint density at radius 3 is 3.00 bits per heavy atom. The van der Waals surface area contributed by atoms with E-state index in [-0.39, 0.29) is 5.82 Å². The molecule has 1 heterocycles. The number of nitrogens with one attached hydrogen (secondary N) is 1. The summed E-state index contributed by atoms with van der Waals surface area (Å²) in [6, 6.07) is 6.82. The van der Waals surface area contributed by atoms with E-state index in [4.69, 9.17) is 0 Å². The van der Waals surface area contributed by atoms with Gasteiger partial charge in [0.15, 0.2) is 0 Å². The van der Waals surface area contributed by atoms with Gasteiger partial charge in [0.1, 0.15) is 5.82 Å². The van der Waals surface area contributed by atoms with Gasteiger partial charge in [-0.25, -0.2) is 4.39 Å². The van der Waals surface area contributed by atoms with Gasteiger partial charge in [0, 0.05) is 30.2 Å². The normalized spacial score (nSPS) is 11.0. The van der Waals surface area contributed by atoms with Crippen LogP contribution in [0, 0.1) is 5.82 Å². The van der Waals surface area contributed by atoms with E-state index in [2.05, 4.69) is 9.88 Å². The van der Waals surface area contributed by atoms with Crippen LogP contribution in [0.5, 0.6) is 0 Å². The van der Waals surface area contributed by atoms with Crippen molar-refractivity contribution in [1.29, 1.82) is 0 Å². The minimum atomic E-state index is -0.177. The fourth-order valence-corrected chi connectivity index (χ4v) is 1.60. The first kappa shape index (κ1) is 9.21. The number of benzene rings is 1. The van der Waals surface area contributed by atoms with Crippen LogP contribution in [0.2, 0.25) is 0 Å². The Balaban J connectivity index is 2.37. The number of hydrogen-bond acceptors (Lipinski definition) is 1. The number of rotatable bonds is 3. The molecule has 1 N–H and O–H groups in total. The summed E-state index contributed by atoms with van der Waals surface area (Å²) in [6.45, 7) is 1.83. The highest BCUT2D eigenvalue weighted by Gasteiger charge is 2.00. The summed E-state index contributed by atoms with van der Waals surface area (Å²) in [5.74, 6) is -0.177. The average molecular weight is 192 g/mol. The van der Waals surface area contributed by atoms with Crippen molar-refractivity contribution >= 4 is 10.9 Å². The van der Waals surface area contributed by atoms with Crippen molar-refractivity contribution in [2.45, 2.75) is 6.54 Å². The van der Waals surface area contributed by atoms with Crippen molar-refractivity contribution in [2.24, 2.45) is 0 Å². The van der Waals surface area contributed by atoms with E-state index in [1.165, 1.54) is 6.07 Å². The highest BCUT2D eigenvalue weighted by atomic mass is 19.1. The Labute approximate surface area is 82.3 Å². The number of fused-ring (bicyclic) bond motifs is 1. The van der Waals surface area contributed by atoms with E-state index in [9.17, 15) is 4.39 Å². The molecule has 0 spiro atoms. The average Bonchev–Trinajstić information content (AvgIpc) is 2.57. The third kappa shape index (κ3) is 1.63. The lowest BCUT2D eigenvalue weighted by Crippen LogP contribution is -2.14. The molecule has 0 aliphatic carbocycles. The van der Waals surface area contributed by atoms with Gasteiger partial charge in [-0.15, -0.1) is 0 Å². The van der Waals surface area contributed by atoms with E-state index in [1.54, 1.807) is 6.07 Å². The first-order chi connectivity index (χ1) is 6.81. The molecule has 2 aromatic rings. The van der Waals surface area contributed by atoms with E-state index in [1.807, 2.05) is 25.4 Å². The Kier molecular flexibility index (Phi) is 2.50. The summed E-state index contributed by atoms with van der Waals surface area (Å²) in [6.07, 6.45) is 1.99. The van der Waals surface area contributed by atoms with Crippen molar-refractivity contribution in [2.75, 3.05) is 13.6 Å². The Bertz CT molecular complexity index is 434. The van der Waals surface area contributed by atoms with E-state index < -0.39 is 0 Å². The van der Waals surface area contributed by atoms with Gasteiger partial charge < -0.3 is 9.88 Å². The molecule has 1 aromatic carbocycles. The lowest BCUT2D eigenvalue weighted by atomic mass is 10.2. The quantitative estimate of drug-likeness (QED) is 0.787. The minimum Gasteiger partial charge on any atom is -0.346 e. The number of hydrogen-bond donors (Lipinski definition) is 1. The standard InChI is InChI=1S/C11H13FN2/c1-13-5-7-14-6-4-9-8-10(12)2-3-11(9)14/h2-4,6,8,13H,5,7H2,1H3. The van der Waals surface area contributed by atoms with Gasteiger partial charge >= 0.3 is 0 Å². The van der Waals surface area contributed by atoms with Crippen molar-refractivity contribution < 1.29 is 4.39 Å². The zero-order valence-corrected chi connectivity index (χ0v) is 8.13. The predicted molar refractivity (Wildman–Crippen MR) is 55.8 cm³/mol. The maximum Gasteiger partial charge on any atom is 0.123 e. The molecule has 0 unspecified atom stereocenters. The molecule has 0 fully saturated rings. The maximum absolute atomic E-state index is 12.9. The van der Waals surface area contributed by atoms with Crippen molar-refractivity contribution in [3.05, 3.63) is 36.3 Å². The molecule has 0 aliphatic heterocycles. The fraction of sp³-hybridized carbons (Fsp3) is 0.273. The lowest BCUT2D eigenvalue weighted by molar-refractivity contribution is 0.629. The highest BCUT2D eigenvalue weighted by Crippen LogP contribution is 2.16. The third-order valence-electron chi connectivity index (χ3n) is 2.34. The van der Waals surface area contributed by atoms with Gasteiger partial charge in [-0.2, -0.15) is 0 Å². The van der Waals surface area contributed by atoms with Gasteiger partial charge in [0.2, 0.25) is 0 Å². The second-order valence-electron chi connectivity index (χ2n) is 3.32. The molecule has 2 rings (SSSR count). The predicted octanol–water partition coefficient (Wildman–Crippen LogP) is 2.00. The zero-order valence-electron chi connectivity index (χ0n) is 8.13. The highest BCUT2D eigenvalue weighted by molar-refractivity contribution is 5.80. The molecule has 0 amide bonds. The summed E-state index contributed by atoms with van der Waals surface area (Å²) in [7, 11) is 1.92. The number of aromatic nitrogens is 1. The van der Waals surface area contributed by atoms with Gasteiger partial charge in [-0.05, 0) is 31.3 Å². The summed E-state index contributed by atoms with van der Waals surface area (Å²) >= 11 is 0. The molecule has 0 saturated heterocycles. The molecule has 0 atom stereocenters. The van der Waals surface area contributed by atoms with E-state index in [0.29, 0.717) is 0 Å². The summed E-state index contributed by atoms with van der Waals surface area (Å²) in [4.78, 5) is 0. The maximum atomic E-state index is 12.9. The van der Waals surface area contributed by atoms with Crippen LogP contribution in [-0.2, 0) is 6.54 Å². The second-order valence-corrected chi connectivity index (χ2v) is 3.32. The summed E-state index contributed by atoms with van der Waals surface area (Å²) in [5, 5.41) is 4.05. The molecule has 0 aliphatic rings. The molecule has 0 radical (unpaired) electrons. The van der Waals surface area contributed by atoms with Crippen LogP contribution in [0.3, 0.4) is 0 Å². The lowest BCUT2D eigenvalue weighted by Gasteiger charge is -2.04. The fourth-order valence-electron chi connectivity index (χ4n) is 1.60. The molecular weight excluding hydrogens is 179 g/mol. The molecule has 74 valence electrons. The first-order valence-electron chi connectivity index (χ1n) is 4.70. The zero-order chi connectivity index (χ0) is 9.97. The molecule has 3 heteroatoms. The van der Waals surface area contributed by atoms with E-state index in [0.717, 1.165) is 24.0 Å². The first-order valence-corrected chi connectivity index (χ1v) is 4.70. The van der Waals surface area contributed by atoms with Gasteiger partial charge in [-0.1, -0.05) is 0 Å². The Morgan fingerprint density at radius 2 is 2.21 bits per heavy atom. The molecule has 0 saturated carbocycles. The molecule has 0 bridgehead atoms.